The maximum Gasteiger partial charge on any atom is 0.227 e. The molecule has 0 N–H and O–H groups in total. The van der Waals surface area contributed by atoms with Crippen LogP contribution in [-0.2, 0) is 11.2 Å². The number of aryl methyl sites for hydroxylation is 1. The summed E-state index contributed by atoms with van der Waals surface area (Å²) in [5.74, 6) is 2.43. The van der Waals surface area contributed by atoms with Gasteiger partial charge in [0.1, 0.15) is 11.5 Å². The fraction of sp³-hybridized carbons (Fsp3) is 0.320. The van der Waals surface area contributed by atoms with E-state index in [4.69, 9.17) is 9.47 Å². The molecule has 1 saturated heterocycles. The maximum absolute atomic E-state index is 12.7. The van der Waals surface area contributed by atoms with Crippen LogP contribution < -0.4 is 14.4 Å². The smallest absolute Gasteiger partial charge is 0.227 e. The van der Waals surface area contributed by atoms with Gasteiger partial charge in [-0.2, -0.15) is 0 Å². The van der Waals surface area contributed by atoms with Gasteiger partial charge in [0.15, 0.2) is 5.82 Å². The van der Waals surface area contributed by atoms with E-state index in [0.717, 1.165) is 41.5 Å². The zero-order chi connectivity index (χ0) is 22.5. The first-order chi connectivity index (χ1) is 15.6. The van der Waals surface area contributed by atoms with Crippen molar-refractivity contribution in [3.63, 3.8) is 0 Å². The van der Waals surface area contributed by atoms with Crippen LogP contribution in [0.4, 0.5) is 5.82 Å². The summed E-state index contributed by atoms with van der Waals surface area (Å²) in [4.78, 5) is 16.8. The maximum atomic E-state index is 12.7. The average Bonchev–Trinajstić information content (AvgIpc) is 2.84. The Labute approximate surface area is 188 Å². The SMILES string of the molecule is COc1ccc(OC)c(-c2ccc(N3CCN(C(=O)Cc4cccc(C)c4)CC3)nn2)c1. The Hall–Kier alpha value is -3.61. The average molecular weight is 433 g/mol. The number of ether oxygens (including phenoxy) is 2. The quantitative estimate of drug-likeness (QED) is 0.595. The molecule has 2 aromatic carbocycles. The van der Waals surface area contributed by atoms with Gasteiger partial charge in [-0.1, -0.05) is 29.8 Å². The molecule has 1 aliphatic rings. The minimum absolute atomic E-state index is 0.168. The molecule has 1 aliphatic heterocycles. The van der Waals surface area contributed by atoms with Gasteiger partial charge in [-0.05, 0) is 42.8 Å². The summed E-state index contributed by atoms with van der Waals surface area (Å²) in [6, 6.07) is 17.6. The number of carbonyl (C=O) groups is 1. The van der Waals surface area contributed by atoms with E-state index in [9.17, 15) is 4.79 Å². The van der Waals surface area contributed by atoms with Gasteiger partial charge in [-0.15, -0.1) is 10.2 Å². The molecule has 3 aromatic rings. The van der Waals surface area contributed by atoms with E-state index in [1.165, 1.54) is 5.56 Å². The first-order valence-corrected chi connectivity index (χ1v) is 10.7. The molecule has 32 heavy (non-hydrogen) atoms. The number of piperazine rings is 1. The van der Waals surface area contributed by atoms with Crippen molar-refractivity contribution in [1.82, 2.24) is 15.1 Å². The zero-order valence-electron chi connectivity index (χ0n) is 18.7. The van der Waals surface area contributed by atoms with E-state index in [1.54, 1.807) is 14.2 Å². The Morgan fingerprint density at radius 2 is 1.75 bits per heavy atom. The molecular weight excluding hydrogens is 404 g/mol. The van der Waals surface area contributed by atoms with Crippen LogP contribution in [0.25, 0.3) is 11.3 Å². The lowest BCUT2D eigenvalue weighted by Crippen LogP contribution is -2.49. The highest BCUT2D eigenvalue weighted by Gasteiger charge is 2.22. The summed E-state index contributed by atoms with van der Waals surface area (Å²) in [7, 11) is 3.26. The summed E-state index contributed by atoms with van der Waals surface area (Å²) in [5, 5.41) is 8.85. The number of methoxy groups -OCH3 is 2. The van der Waals surface area contributed by atoms with Crippen molar-refractivity contribution in [2.45, 2.75) is 13.3 Å². The number of anilines is 1. The molecule has 4 rings (SSSR count). The number of carbonyl (C=O) groups excluding carboxylic acids is 1. The summed E-state index contributed by atoms with van der Waals surface area (Å²) < 4.78 is 10.8. The van der Waals surface area contributed by atoms with E-state index in [-0.39, 0.29) is 5.91 Å². The number of amides is 1. The minimum Gasteiger partial charge on any atom is -0.497 e. The second kappa shape index (κ2) is 9.68. The molecule has 0 saturated carbocycles. The van der Waals surface area contributed by atoms with E-state index >= 15 is 0 Å². The van der Waals surface area contributed by atoms with Gasteiger partial charge < -0.3 is 19.3 Å². The van der Waals surface area contributed by atoms with Gasteiger partial charge >= 0.3 is 0 Å². The Morgan fingerprint density at radius 3 is 2.41 bits per heavy atom. The molecule has 0 aliphatic carbocycles. The Bertz CT molecular complexity index is 1080. The van der Waals surface area contributed by atoms with Gasteiger partial charge in [0.25, 0.3) is 0 Å². The fourth-order valence-electron chi connectivity index (χ4n) is 3.95. The van der Waals surface area contributed by atoms with E-state index in [1.807, 2.05) is 60.4 Å². The molecule has 166 valence electrons. The third-order valence-corrected chi connectivity index (χ3v) is 5.73. The first-order valence-electron chi connectivity index (χ1n) is 10.7. The monoisotopic (exact) mass is 432 g/mol. The topological polar surface area (TPSA) is 67.8 Å². The van der Waals surface area contributed by atoms with Crippen molar-refractivity contribution in [1.29, 1.82) is 0 Å². The van der Waals surface area contributed by atoms with Crippen LogP contribution >= 0.6 is 0 Å². The highest BCUT2D eigenvalue weighted by molar-refractivity contribution is 5.79. The zero-order valence-corrected chi connectivity index (χ0v) is 18.7. The van der Waals surface area contributed by atoms with Crippen LogP contribution in [0, 0.1) is 6.92 Å². The van der Waals surface area contributed by atoms with Crippen LogP contribution in [0.1, 0.15) is 11.1 Å². The Kier molecular flexibility index (Phi) is 6.54. The van der Waals surface area contributed by atoms with Crippen LogP contribution in [0.3, 0.4) is 0 Å². The predicted octanol–water partition coefficient (Wildman–Crippen LogP) is 3.36. The summed E-state index contributed by atoms with van der Waals surface area (Å²) in [5.41, 5.74) is 3.79. The molecule has 1 aromatic heterocycles. The molecule has 0 unspecified atom stereocenters. The molecule has 1 amide bonds. The Balaban J connectivity index is 1.39. The number of hydrogen-bond donors (Lipinski definition) is 0. The van der Waals surface area contributed by atoms with Crippen molar-refractivity contribution in [3.05, 3.63) is 65.7 Å². The standard InChI is InChI=1S/C25H28N4O3/c1-18-5-4-6-19(15-18)16-25(30)29-13-11-28(12-14-29)24-10-8-22(26-27-24)21-17-20(31-2)7-9-23(21)32-3/h4-10,15,17H,11-14,16H2,1-3H3. The minimum atomic E-state index is 0.168. The number of aromatic nitrogens is 2. The highest BCUT2D eigenvalue weighted by Crippen LogP contribution is 2.32. The molecule has 0 spiro atoms. The fourth-order valence-corrected chi connectivity index (χ4v) is 3.95. The lowest BCUT2D eigenvalue weighted by Gasteiger charge is -2.35. The number of benzene rings is 2. The van der Waals surface area contributed by atoms with Crippen LogP contribution in [-0.4, -0.2) is 61.4 Å². The highest BCUT2D eigenvalue weighted by atomic mass is 16.5. The number of nitrogens with zero attached hydrogens (tertiary/aromatic N) is 4. The molecule has 0 radical (unpaired) electrons. The summed E-state index contributed by atoms with van der Waals surface area (Å²) >= 11 is 0. The number of hydrogen-bond acceptors (Lipinski definition) is 6. The van der Waals surface area contributed by atoms with E-state index in [2.05, 4.69) is 21.2 Å². The van der Waals surface area contributed by atoms with Crippen LogP contribution in [0.2, 0.25) is 0 Å². The van der Waals surface area contributed by atoms with E-state index < -0.39 is 0 Å². The molecular formula is C25H28N4O3. The van der Waals surface area contributed by atoms with Crippen molar-refractivity contribution in [2.75, 3.05) is 45.3 Å². The van der Waals surface area contributed by atoms with Crippen molar-refractivity contribution in [2.24, 2.45) is 0 Å². The molecule has 0 bridgehead atoms. The molecule has 1 fully saturated rings. The van der Waals surface area contributed by atoms with Crippen molar-refractivity contribution in [3.8, 4) is 22.8 Å². The molecule has 0 atom stereocenters. The van der Waals surface area contributed by atoms with Crippen molar-refractivity contribution >= 4 is 11.7 Å². The van der Waals surface area contributed by atoms with E-state index in [0.29, 0.717) is 25.3 Å². The lowest BCUT2D eigenvalue weighted by molar-refractivity contribution is -0.130. The molecule has 7 nitrogen and oxygen atoms in total. The van der Waals surface area contributed by atoms with Crippen LogP contribution in [0.5, 0.6) is 11.5 Å². The van der Waals surface area contributed by atoms with Gasteiger partial charge in [0.05, 0.1) is 26.3 Å². The van der Waals surface area contributed by atoms with Gasteiger partial charge in [0, 0.05) is 31.7 Å². The molecule has 7 heteroatoms. The molecule has 2 heterocycles. The Morgan fingerprint density at radius 1 is 0.938 bits per heavy atom. The predicted molar refractivity (Wildman–Crippen MR) is 124 cm³/mol. The first kappa shape index (κ1) is 21.6. The summed E-state index contributed by atoms with van der Waals surface area (Å²) in [6.45, 7) is 4.87. The second-order valence-corrected chi connectivity index (χ2v) is 7.88. The normalized spacial score (nSPS) is 13.7. The van der Waals surface area contributed by atoms with Gasteiger partial charge in [-0.3, -0.25) is 4.79 Å². The number of rotatable bonds is 6. The van der Waals surface area contributed by atoms with Crippen LogP contribution in [0.15, 0.2) is 54.6 Å². The van der Waals surface area contributed by atoms with Gasteiger partial charge in [-0.25, -0.2) is 0 Å². The third-order valence-electron chi connectivity index (χ3n) is 5.73. The lowest BCUT2D eigenvalue weighted by atomic mass is 10.1. The van der Waals surface area contributed by atoms with Gasteiger partial charge in [0.2, 0.25) is 5.91 Å². The second-order valence-electron chi connectivity index (χ2n) is 7.88. The summed E-state index contributed by atoms with van der Waals surface area (Å²) in [6.07, 6.45) is 0.443. The third kappa shape index (κ3) is 4.82. The largest absolute Gasteiger partial charge is 0.497 e. The van der Waals surface area contributed by atoms with Crippen molar-refractivity contribution < 1.29 is 14.3 Å².